The largest absolute Gasteiger partial charge is 0.314 e. The quantitative estimate of drug-likeness (QED) is 0.786. The van der Waals surface area contributed by atoms with Crippen molar-refractivity contribution in [2.75, 3.05) is 6.54 Å². The number of likely N-dealkylation sites (N-methyl/N-ethyl adjacent to an activating group) is 1. The van der Waals surface area contributed by atoms with Crippen molar-refractivity contribution in [3.8, 4) is 0 Å². The molecule has 0 amide bonds. The van der Waals surface area contributed by atoms with Gasteiger partial charge in [-0.15, -0.1) is 0 Å². The molecule has 0 radical (unpaired) electrons. The zero-order valence-electron chi connectivity index (χ0n) is 11.2. The lowest BCUT2D eigenvalue weighted by Crippen LogP contribution is -2.36. The molecule has 0 fully saturated rings. The first-order chi connectivity index (χ1) is 8.17. The topological polar surface area (TPSA) is 12.0 Å². The highest BCUT2D eigenvalue weighted by molar-refractivity contribution is 9.10. The van der Waals surface area contributed by atoms with Gasteiger partial charge >= 0.3 is 0 Å². The van der Waals surface area contributed by atoms with Crippen LogP contribution in [0.2, 0.25) is 0 Å². The van der Waals surface area contributed by atoms with Crippen LogP contribution < -0.4 is 5.32 Å². The molecule has 1 aromatic rings. The number of hydrogen-bond donors (Lipinski definition) is 1. The van der Waals surface area contributed by atoms with Crippen molar-refractivity contribution < 1.29 is 0 Å². The summed E-state index contributed by atoms with van der Waals surface area (Å²) in [6.45, 7) is 7.85. The van der Waals surface area contributed by atoms with E-state index in [-0.39, 0.29) is 0 Å². The van der Waals surface area contributed by atoms with Gasteiger partial charge < -0.3 is 5.32 Å². The Hall–Kier alpha value is -0.340. The molecule has 17 heavy (non-hydrogen) atoms. The van der Waals surface area contributed by atoms with Crippen molar-refractivity contribution in [3.63, 3.8) is 0 Å². The van der Waals surface area contributed by atoms with Crippen LogP contribution in [0.4, 0.5) is 0 Å². The molecule has 0 bridgehead atoms. The zero-order valence-corrected chi connectivity index (χ0v) is 12.8. The molecule has 2 heteroatoms. The third-order valence-corrected chi connectivity index (χ3v) is 3.74. The van der Waals surface area contributed by atoms with Crippen LogP contribution >= 0.6 is 15.9 Å². The third kappa shape index (κ3) is 5.22. The lowest BCUT2D eigenvalue weighted by Gasteiger charge is -2.24. The zero-order chi connectivity index (χ0) is 12.7. The van der Waals surface area contributed by atoms with Crippen molar-refractivity contribution in [2.24, 2.45) is 5.92 Å². The first-order valence-electron chi connectivity index (χ1n) is 6.65. The van der Waals surface area contributed by atoms with E-state index >= 15 is 0 Å². The average Bonchev–Trinajstić information content (AvgIpc) is 2.29. The van der Waals surface area contributed by atoms with E-state index in [2.05, 4.69) is 66.3 Å². The maximum absolute atomic E-state index is 3.62. The lowest BCUT2D eigenvalue weighted by molar-refractivity contribution is 0.358. The van der Waals surface area contributed by atoms with Crippen LogP contribution in [0.3, 0.4) is 0 Å². The molecule has 2 unspecified atom stereocenters. The minimum absolute atomic E-state index is 0.592. The Kier molecular flexibility index (Phi) is 6.83. The Bertz CT molecular complexity index is 324. The summed E-state index contributed by atoms with van der Waals surface area (Å²) < 4.78 is 1.17. The molecular formula is C15H24BrN. The van der Waals surface area contributed by atoms with E-state index in [9.17, 15) is 0 Å². The minimum Gasteiger partial charge on any atom is -0.314 e. The predicted octanol–water partition coefficient (Wildman–Crippen LogP) is 4.41. The molecule has 1 N–H and O–H groups in total. The molecule has 0 aromatic heterocycles. The summed E-state index contributed by atoms with van der Waals surface area (Å²) in [6, 6.07) is 9.24. The van der Waals surface area contributed by atoms with Crippen molar-refractivity contribution in [3.05, 3.63) is 34.3 Å². The number of hydrogen-bond acceptors (Lipinski definition) is 1. The Morgan fingerprint density at radius 3 is 2.65 bits per heavy atom. The van der Waals surface area contributed by atoms with Crippen LogP contribution in [0, 0.1) is 5.92 Å². The van der Waals surface area contributed by atoms with Crippen LogP contribution in [0.1, 0.15) is 39.2 Å². The second-order valence-electron chi connectivity index (χ2n) is 4.76. The van der Waals surface area contributed by atoms with Gasteiger partial charge in [0, 0.05) is 10.5 Å². The highest BCUT2D eigenvalue weighted by Crippen LogP contribution is 2.18. The molecule has 2 atom stereocenters. The van der Waals surface area contributed by atoms with Gasteiger partial charge in [0.25, 0.3) is 0 Å². The summed E-state index contributed by atoms with van der Waals surface area (Å²) in [5.41, 5.74) is 1.41. The molecule has 0 aliphatic heterocycles. The molecule has 1 aromatic carbocycles. The molecule has 0 saturated heterocycles. The summed E-state index contributed by atoms with van der Waals surface area (Å²) in [5, 5.41) is 3.62. The van der Waals surface area contributed by atoms with Crippen LogP contribution in [0.25, 0.3) is 0 Å². The van der Waals surface area contributed by atoms with Crippen molar-refractivity contribution in [2.45, 2.75) is 46.1 Å². The fraction of sp³-hybridized carbons (Fsp3) is 0.600. The first kappa shape index (κ1) is 14.7. The molecule has 96 valence electrons. The fourth-order valence-electron chi connectivity index (χ4n) is 2.31. The standard InChI is InChI=1S/C15H24BrN/c1-4-7-12(3)15(17-5-2)11-13-8-6-9-14(16)10-13/h6,8-10,12,15,17H,4-5,7,11H2,1-3H3. The predicted molar refractivity (Wildman–Crippen MR) is 79.4 cm³/mol. The number of rotatable bonds is 7. The Balaban J connectivity index is 2.65. The Morgan fingerprint density at radius 2 is 2.06 bits per heavy atom. The fourth-order valence-corrected chi connectivity index (χ4v) is 2.76. The SMILES string of the molecule is CCCC(C)C(Cc1cccc(Br)c1)NCC. The minimum atomic E-state index is 0.592. The first-order valence-corrected chi connectivity index (χ1v) is 7.44. The number of nitrogens with one attached hydrogen (secondary N) is 1. The van der Waals surface area contributed by atoms with E-state index in [0.29, 0.717) is 6.04 Å². The van der Waals surface area contributed by atoms with Crippen LogP contribution in [-0.2, 0) is 6.42 Å². The number of halogens is 1. The smallest absolute Gasteiger partial charge is 0.0178 e. The maximum Gasteiger partial charge on any atom is 0.0178 e. The molecular weight excluding hydrogens is 274 g/mol. The molecule has 0 aliphatic rings. The maximum atomic E-state index is 3.62. The van der Waals surface area contributed by atoms with Gasteiger partial charge in [-0.3, -0.25) is 0 Å². The van der Waals surface area contributed by atoms with Gasteiger partial charge in [0.15, 0.2) is 0 Å². The van der Waals surface area contributed by atoms with E-state index in [1.165, 1.54) is 22.9 Å². The van der Waals surface area contributed by atoms with Gasteiger partial charge in [0.2, 0.25) is 0 Å². The second kappa shape index (κ2) is 7.88. The Labute approximate surface area is 114 Å². The van der Waals surface area contributed by atoms with Gasteiger partial charge in [0.05, 0.1) is 0 Å². The van der Waals surface area contributed by atoms with Crippen molar-refractivity contribution >= 4 is 15.9 Å². The van der Waals surface area contributed by atoms with Crippen LogP contribution in [-0.4, -0.2) is 12.6 Å². The summed E-state index contributed by atoms with van der Waals surface area (Å²) in [5.74, 6) is 0.735. The van der Waals surface area contributed by atoms with Crippen molar-refractivity contribution in [1.82, 2.24) is 5.32 Å². The molecule has 0 heterocycles. The summed E-state index contributed by atoms with van der Waals surface area (Å²) >= 11 is 3.54. The average molecular weight is 298 g/mol. The van der Waals surface area contributed by atoms with E-state index in [4.69, 9.17) is 0 Å². The summed E-state index contributed by atoms with van der Waals surface area (Å²) in [4.78, 5) is 0. The summed E-state index contributed by atoms with van der Waals surface area (Å²) in [7, 11) is 0. The Morgan fingerprint density at radius 1 is 1.29 bits per heavy atom. The van der Waals surface area contributed by atoms with Gasteiger partial charge in [0.1, 0.15) is 0 Å². The molecule has 0 aliphatic carbocycles. The van der Waals surface area contributed by atoms with E-state index < -0.39 is 0 Å². The van der Waals surface area contributed by atoms with E-state index in [0.717, 1.165) is 18.9 Å². The van der Waals surface area contributed by atoms with Crippen LogP contribution in [0.5, 0.6) is 0 Å². The lowest BCUT2D eigenvalue weighted by atomic mass is 9.91. The normalized spacial score (nSPS) is 14.6. The molecule has 0 spiro atoms. The summed E-state index contributed by atoms with van der Waals surface area (Å²) in [6.07, 6.45) is 3.68. The van der Waals surface area contributed by atoms with Gasteiger partial charge in [-0.2, -0.15) is 0 Å². The van der Waals surface area contributed by atoms with Crippen LogP contribution in [0.15, 0.2) is 28.7 Å². The van der Waals surface area contributed by atoms with Crippen molar-refractivity contribution in [1.29, 1.82) is 0 Å². The molecule has 0 saturated carbocycles. The molecule has 1 nitrogen and oxygen atoms in total. The number of benzene rings is 1. The van der Waals surface area contributed by atoms with Gasteiger partial charge in [-0.25, -0.2) is 0 Å². The third-order valence-electron chi connectivity index (χ3n) is 3.24. The highest BCUT2D eigenvalue weighted by atomic mass is 79.9. The van der Waals surface area contributed by atoms with E-state index in [1.54, 1.807) is 0 Å². The second-order valence-corrected chi connectivity index (χ2v) is 5.68. The van der Waals surface area contributed by atoms with E-state index in [1.807, 2.05) is 0 Å². The van der Waals surface area contributed by atoms with Gasteiger partial charge in [-0.1, -0.05) is 55.3 Å². The molecule has 1 rings (SSSR count). The highest BCUT2D eigenvalue weighted by Gasteiger charge is 2.15. The monoisotopic (exact) mass is 297 g/mol. The van der Waals surface area contributed by atoms with Gasteiger partial charge in [-0.05, 0) is 43.0 Å².